The number of nitrogens with zero attached hydrogens (tertiary/aromatic N) is 2. The third-order valence-corrected chi connectivity index (χ3v) is 7.49. The summed E-state index contributed by atoms with van der Waals surface area (Å²) in [5, 5.41) is 2.34. The van der Waals surface area contributed by atoms with Gasteiger partial charge < -0.3 is 4.74 Å². The van der Waals surface area contributed by atoms with Crippen molar-refractivity contribution >= 4 is 27.3 Å². The first kappa shape index (κ1) is 23.0. The molecule has 31 heavy (non-hydrogen) atoms. The normalized spacial score (nSPS) is 11.6. The smallest absolute Gasteiger partial charge is 0.338 e. The second-order valence-corrected chi connectivity index (χ2v) is 9.23. The summed E-state index contributed by atoms with van der Waals surface area (Å²) in [4.78, 5) is 16.2. The van der Waals surface area contributed by atoms with Crippen molar-refractivity contribution in [3.63, 3.8) is 0 Å². The Labute approximate surface area is 183 Å². The fourth-order valence-electron chi connectivity index (χ4n) is 2.85. The summed E-state index contributed by atoms with van der Waals surface area (Å²) in [7, 11) is -4.07. The Balaban J connectivity index is 1.74. The van der Waals surface area contributed by atoms with E-state index in [0.29, 0.717) is 10.7 Å². The highest BCUT2D eigenvalue weighted by atomic mass is 32.2. The van der Waals surface area contributed by atoms with Crippen molar-refractivity contribution in [2.45, 2.75) is 25.3 Å². The SMILES string of the molecule is CCN(CC)S(=O)(=O)c1cc(C(=O)OCc2csc(-c3ccc(F)cc3)n2)ccc1F. The van der Waals surface area contributed by atoms with E-state index >= 15 is 0 Å². The average Bonchev–Trinajstić information content (AvgIpc) is 3.22. The van der Waals surface area contributed by atoms with Crippen molar-refractivity contribution in [1.82, 2.24) is 9.29 Å². The molecule has 0 fully saturated rings. The van der Waals surface area contributed by atoms with E-state index in [4.69, 9.17) is 4.74 Å². The number of ether oxygens (including phenoxy) is 1. The monoisotopic (exact) mass is 466 g/mol. The molecular formula is C21H20F2N2O4S2. The van der Waals surface area contributed by atoms with Gasteiger partial charge in [0, 0.05) is 24.0 Å². The van der Waals surface area contributed by atoms with Gasteiger partial charge in [-0.05, 0) is 42.5 Å². The van der Waals surface area contributed by atoms with Gasteiger partial charge in [-0.15, -0.1) is 11.3 Å². The van der Waals surface area contributed by atoms with Gasteiger partial charge in [-0.1, -0.05) is 13.8 Å². The highest BCUT2D eigenvalue weighted by Gasteiger charge is 2.26. The number of sulfonamides is 1. The lowest BCUT2D eigenvalue weighted by atomic mass is 10.2. The molecule has 0 saturated heterocycles. The van der Waals surface area contributed by atoms with E-state index in [1.165, 1.54) is 29.5 Å². The van der Waals surface area contributed by atoms with E-state index in [9.17, 15) is 22.0 Å². The predicted octanol–water partition coefficient (Wildman–Crippen LogP) is 4.48. The van der Waals surface area contributed by atoms with Crippen LogP contribution in [0, 0.1) is 11.6 Å². The molecule has 3 rings (SSSR count). The summed E-state index contributed by atoms with van der Waals surface area (Å²) in [5.41, 5.74) is 1.13. The second-order valence-electron chi connectivity index (χ2n) is 6.46. The van der Waals surface area contributed by atoms with Crippen LogP contribution in [0.15, 0.2) is 52.7 Å². The molecule has 0 unspecified atom stereocenters. The molecule has 0 amide bonds. The first-order valence-electron chi connectivity index (χ1n) is 9.43. The third kappa shape index (κ3) is 5.15. The molecule has 0 atom stereocenters. The number of thiazole rings is 1. The maximum Gasteiger partial charge on any atom is 0.338 e. The lowest BCUT2D eigenvalue weighted by Crippen LogP contribution is -2.31. The number of rotatable bonds is 8. The van der Waals surface area contributed by atoms with Gasteiger partial charge in [0.05, 0.1) is 11.3 Å². The van der Waals surface area contributed by atoms with Crippen molar-refractivity contribution in [3.8, 4) is 10.6 Å². The molecule has 10 heteroatoms. The van der Waals surface area contributed by atoms with Gasteiger partial charge in [0.15, 0.2) is 0 Å². The Morgan fingerprint density at radius 3 is 2.42 bits per heavy atom. The molecule has 3 aromatic rings. The maximum atomic E-state index is 14.2. The molecule has 164 valence electrons. The number of hydrogen-bond acceptors (Lipinski definition) is 6. The van der Waals surface area contributed by atoms with Crippen LogP contribution in [0.3, 0.4) is 0 Å². The molecular weight excluding hydrogens is 446 g/mol. The number of hydrogen-bond donors (Lipinski definition) is 0. The van der Waals surface area contributed by atoms with Gasteiger partial charge in [0.2, 0.25) is 10.0 Å². The molecule has 0 aliphatic rings. The van der Waals surface area contributed by atoms with Crippen LogP contribution in [0.2, 0.25) is 0 Å². The Kier molecular flexibility index (Phi) is 7.14. The van der Waals surface area contributed by atoms with E-state index in [1.54, 1.807) is 31.4 Å². The van der Waals surface area contributed by atoms with Crippen molar-refractivity contribution in [3.05, 3.63) is 70.7 Å². The number of benzene rings is 2. The van der Waals surface area contributed by atoms with Crippen LogP contribution in [-0.2, 0) is 21.4 Å². The van der Waals surface area contributed by atoms with Gasteiger partial charge in [-0.3, -0.25) is 0 Å². The first-order valence-corrected chi connectivity index (χ1v) is 11.7. The van der Waals surface area contributed by atoms with Gasteiger partial charge in [0.1, 0.15) is 28.1 Å². The molecule has 1 heterocycles. The lowest BCUT2D eigenvalue weighted by Gasteiger charge is -2.19. The summed E-state index contributed by atoms with van der Waals surface area (Å²) < 4.78 is 58.8. The van der Waals surface area contributed by atoms with Gasteiger partial charge in [-0.2, -0.15) is 4.31 Å². The molecule has 6 nitrogen and oxygen atoms in total. The van der Waals surface area contributed by atoms with Crippen LogP contribution in [0.4, 0.5) is 8.78 Å². The molecule has 2 aromatic carbocycles. The van der Waals surface area contributed by atoms with Crippen LogP contribution >= 0.6 is 11.3 Å². The van der Waals surface area contributed by atoms with Gasteiger partial charge >= 0.3 is 5.97 Å². The van der Waals surface area contributed by atoms with E-state index in [2.05, 4.69) is 4.98 Å². The Morgan fingerprint density at radius 2 is 1.77 bits per heavy atom. The number of carbonyl (C=O) groups is 1. The number of esters is 1. The Hall–Kier alpha value is -2.69. The predicted molar refractivity (Wildman–Crippen MR) is 113 cm³/mol. The second kappa shape index (κ2) is 9.63. The summed E-state index contributed by atoms with van der Waals surface area (Å²) >= 11 is 1.31. The highest BCUT2D eigenvalue weighted by Crippen LogP contribution is 2.25. The minimum absolute atomic E-state index is 0.0823. The Morgan fingerprint density at radius 1 is 1.10 bits per heavy atom. The summed E-state index contributed by atoms with van der Waals surface area (Å²) in [6, 6.07) is 8.94. The third-order valence-electron chi connectivity index (χ3n) is 4.48. The average molecular weight is 467 g/mol. The summed E-state index contributed by atoms with van der Waals surface area (Å²) in [5.74, 6) is -2.09. The molecule has 0 spiro atoms. The van der Waals surface area contributed by atoms with Crippen LogP contribution in [0.5, 0.6) is 0 Å². The molecule has 0 saturated carbocycles. The van der Waals surface area contributed by atoms with Crippen LogP contribution in [-0.4, -0.2) is 36.8 Å². The molecule has 0 aliphatic carbocycles. The molecule has 0 bridgehead atoms. The first-order chi connectivity index (χ1) is 14.8. The Bertz CT molecular complexity index is 1170. The largest absolute Gasteiger partial charge is 0.456 e. The van der Waals surface area contributed by atoms with Crippen molar-refractivity contribution in [2.75, 3.05) is 13.1 Å². The lowest BCUT2D eigenvalue weighted by molar-refractivity contribution is 0.0468. The standard InChI is InChI=1S/C21H20F2N2O4S2/c1-3-25(4-2)31(27,28)19-11-15(7-10-18(19)23)21(26)29-12-17-13-30-20(24-17)14-5-8-16(22)9-6-14/h5-11,13H,3-4,12H2,1-2H3. The van der Waals surface area contributed by atoms with Crippen molar-refractivity contribution in [1.29, 1.82) is 0 Å². The van der Waals surface area contributed by atoms with E-state index in [1.807, 2.05) is 0 Å². The zero-order chi connectivity index (χ0) is 22.6. The summed E-state index contributed by atoms with van der Waals surface area (Å²) in [6.07, 6.45) is 0. The highest BCUT2D eigenvalue weighted by molar-refractivity contribution is 7.89. The molecule has 1 aromatic heterocycles. The maximum absolute atomic E-state index is 14.2. The number of aromatic nitrogens is 1. The van der Waals surface area contributed by atoms with E-state index in [-0.39, 0.29) is 31.1 Å². The minimum atomic E-state index is -4.07. The van der Waals surface area contributed by atoms with Crippen LogP contribution < -0.4 is 0 Å². The fourth-order valence-corrected chi connectivity index (χ4v) is 5.21. The zero-order valence-electron chi connectivity index (χ0n) is 16.8. The molecule has 0 aliphatic heterocycles. The number of carbonyl (C=O) groups excluding carboxylic acids is 1. The van der Waals surface area contributed by atoms with Crippen molar-refractivity contribution < 1.29 is 26.7 Å². The van der Waals surface area contributed by atoms with E-state index < -0.39 is 26.7 Å². The molecule has 0 radical (unpaired) electrons. The van der Waals surface area contributed by atoms with Gasteiger partial charge in [0.25, 0.3) is 0 Å². The van der Waals surface area contributed by atoms with Crippen LogP contribution in [0.1, 0.15) is 29.9 Å². The topological polar surface area (TPSA) is 76.6 Å². The quantitative estimate of drug-likeness (QED) is 0.458. The molecule has 0 N–H and O–H groups in total. The number of halogens is 2. The fraction of sp³-hybridized carbons (Fsp3) is 0.238. The minimum Gasteiger partial charge on any atom is -0.456 e. The van der Waals surface area contributed by atoms with Gasteiger partial charge in [-0.25, -0.2) is 27.0 Å². The zero-order valence-corrected chi connectivity index (χ0v) is 18.5. The summed E-state index contributed by atoms with van der Waals surface area (Å²) in [6.45, 7) is 3.49. The van der Waals surface area contributed by atoms with Crippen LogP contribution in [0.25, 0.3) is 10.6 Å². The van der Waals surface area contributed by atoms with Crippen molar-refractivity contribution in [2.24, 2.45) is 0 Å². The van der Waals surface area contributed by atoms with E-state index in [0.717, 1.165) is 22.0 Å².